The standard InChI is InChI=1S/C9H14N4/c1-6-4-3-5-8(7(6)2)13(12)9(10)11/h3-5H,12H2,1-2H3,(H3,10,11). The van der Waals surface area contributed by atoms with Crippen LogP contribution in [0.1, 0.15) is 11.1 Å². The lowest BCUT2D eigenvalue weighted by Crippen LogP contribution is -2.42. The maximum atomic E-state index is 7.18. The highest BCUT2D eigenvalue weighted by Crippen LogP contribution is 2.19. The van der Waals surface area contributed by atoms with Crippen LogP contribution < -0.4 is 16.6 Å². The molecule has 13 heavy (non-hydrogen) atoms. The largest absolute Gasteiger partial charge is 0.369 e. The van der Waals surface area contributed by atoms with E-state index in [0.29, 0.717) is 0 Å². The Morgan fingerprint density at radius 1 is 1.38 bits per heavy atom. The van der Waals surface area contributed by atoms with Gasteiger partial charge in [0, 0.05) is 0 Å². The van der Waals surface area contributed by atoms with Crippen LogP contribution in [0.3, 0.4) is 0 Å². The summed E-state index contributed by atoms with van der Waals surface area (Å²) < 4.78 is 0. The molecule has 0 saturated heterocycles. The molecule has 0 saturated carbocycles. The van der Waals surface area contributed by atoms with Gasteiger partial charge in [-0.15, -0.1) is 0 Å². The van der Waals surface area contributed by atoms with E-state index in [2.05, 4.69) is 0 Å². The molecule has 1 aromatic carbocycles. The SMILES string of the molecule is Cc1cccc(N(N)C(=N)N)c1C. The van der Waals surface area contributed by atoms with Gasteiger partial charge in [-0.2, -0.15) is 0 Å². The zero-order valence-electron chi connectivity index (χ0n) is 7.83. The van der Waals surface area contributed by atoms with E-state index in [0.717, 1.165) is 16.8 Å². The molecule has 0 atom stereocenters. The van der Waals surface area contributed by atoms with Crippen LogP contribution >= 0.6 is 0 Å². The van der Waals surface area contributed by atoms with Crippen LogP contribution in [0.5, 0.6) is 0 Å². The Balaban J connectivity index is 3.15. The minimum absolute atomic E-state index is 0.159. The third-order valence-electron chi connectivity index (χ3n) is 2.10. The molecule has 0 unspecified atom stereocenters. The molecule has 4 nitrogen and oxygen atoms in total. The van der Waals surface area contributed by atoms with Crippen LogP contribution in [0.2, 0.25) is 0 Å². The number of nitrogens with one attached hydrogen (secondary N) is 1. The van der Waals surface area contributed by atoms with Crippen molar-refractivity contribution in [1.82, 2.24) is 0 Å². The fraction of sp³-hybridized carbons (Fsp3) is 0.222. The molecule has 5 N–H and O–H groups in total. The minimum atomic E-state index is -0.159. The number of benzene rings is 1. The van der Waals surface area contributed by atoms with Crippen molar-refractivity contribution in [2.75, 3.05) is 5.01 Å². The predicted molar refractivity (Wildman–Crippen MR) is 54.5 cm³/mol. The summed E-state index contributed by atoms with van der Waals surface area (Å²) in [4.78, 5) is 0. The van der Waals surface area contributed by atoms with E-state index in [1.165, 1.54) is 5.01 Å². The Kier molecular flexibility index (Phi) is 2.53. The first-order valence-electron chi connectivity index (χ1n) is 3.99. The molecule has 0 bridgehead atoms. The molecule has 0 spiro atoms. The van der Waals surface area contributed by atoms with E-state index in [4.69, 9.17) is 17.0 Å². The Hall–Kier alpha value is -1.55. The molecule has 0 amide bonds. The van der Waals surface area contributed by atoms with Gasteiger partial charge < -0.3 is 5.73 Å². The van der Waals surface area contributed by atoms with E-state index in [9.17, 15) is 0 Å². The Morgan fingerprint density at radius 3 is 2.54 bits per heavy atom. The molecule has 0 aliphatic carbocycles. The fourth-order valence-electron chi connectivity index (χ4n) is 1.13. The van der Waals surface area contributed by atoms with Crippen molar-refractivity contribution in [2.24, 2.45) is 11.6 Å². The third kappa shape index (κ3) is 1.78. The summed E-state index contributed by atoms with van der Waals surface area (Å²) in [6, 6.07) is 5.72. The molecule has 70 valence electrons. The summed E-state index contributed by atoms with van der Waals surface area (Å²) in [6.07, 6.45) is 0. The zero-order chi connectivity index (χ0) is 10.0. The van der Waals surface area contributed by atoms with Crippen LogP contribution in [0.4, 0.5) is 5.69 Å². The second-order valence-corrected chi connectivity index (χ2v) is 2.97. The second-order valence-electron chi connectivity index (χ2n) is 2.97. The van der Waals surface area contributed by atoms with Crippen LogP contribution in [0, 0.1) is 19.3 Å². The van der Waals surface area contributed by atoms with Gasteiger partial charge in [0.15, 0.2) is 0 Å². The van der Waals surface area contributed by atoms with Crippen molar-refractivity contribution in [2.45, 2.75) is 13.8 Å². The van der Waals surface area contributed by atoms with Gasteiger partial charge in [-0.3, -0.25) is 5.41 Å². The maximum absolute atomic E-state index is 7.18. The number of aryl methyl sites for hydroxylation is 1. The van der Waals surface area contributed by atoms with Gasteiger partial charge in [0.2, 0.25) is 5.96 Å². The lowest BCUT2D eigenvalue weighted by atomic mass is 10.1. The first-order valence-corrected chi connectivity index (χ1v) is 3.99. The Bertz CT molecular complexity index is 332. The van der Waals surface area contributed by atoms with Gasteiger partial charge >= 0.3 is 0 Å². The summed E-state index contributed by atoms with van der Waals surface area (Å²) in [5.41, 5.74) is 8.22. The number of hydrogen-bond acceptors (Lipinski definition) is 2. The molecule has 1 rings (SSSR count). The van der Waals surface area contributed by atoms with Gasteiger partial charge in [0.05, 0.1) is 5.69 Å². The summed E-state index contributed by atoms with van der Waals surface area (Å²) >= 11 is 0. The highest BCUT2D eigenvalue weighted by atomic mass is 15.5. The van der Waals surface area contributed by atoms with Crippen LogP contribution in [-0.2, 0) is 0 Å². The monoisotopic (exact) mass is 178 g/mol. The van der Waals surface area contributed by atoms with Crippen LogP contribution in [0.25, 0.3) is 0 Å². The van der Waals surface area contributed by atoms with E-state index in [1.807, 2.05) is 32.0 Å². The maximum Gasteiger partial charge on any atom is 0.207 e. The molecule has 0 aromatic heterocycles. The summed E-state index contributed by atoms with van der Waals surface area (Å²) in [7, 11) is 0. The van der Waals surface area contributed by atoms with Gasteiger partial charge in [-0.05, 0) is 31.0 Å². The van der Waals surface area contributed by atoms with Gasteiger partial charge in [-0.1, -0.05) is 12.1 Å². The topological polar surface area (TPSA) is 79.1 Å². The molecular formula is C9H14N4. The quantitative estimate of drug-likeness (QED) is 0.258. The average Bonchev–Trinajstić information content (AvgIpc) is 2.08. The van der Waals surface area contributed by atoms with Crippen molar-refractivity contribution in [3.8, 4) is 0 Å². The van der Waals surface area contributed by atoms with Gasteiger partial charge in [0.25, 0.3) is 0 Å². The molecule has 1 aromatic rings. The number of nitrogens with two attached hydrogens (primary N) is 2. The van der Waals surface area contributed by atoms with E-state index < -0.39 is 0 Å². The lowest BCUT2D eigenvalue weighted by molar-refractivity contribution is 1.07. The fourth-order valence-corrected chi connectivity index (χ4v) is 1.13. The Morgan fingerprint density at radius 2 is 2.00 bits per heavy atom. The molecule has 0 heterocycles. The van der Waals surface area contributed by atoms with Gasteiger partial charge in [-0.25, -0.2) is 10.9 Å². The highest BCUT2D eigenvalue weighted by molar-refractivity contribution is 5.92. The molecule has 0 aliphatic rings. The van der Waals surface area contributed by atoms with E-state index in [1.54, 1.807) is 0 Å². The van der Waals surface area contributed by atoms with Crippen LogP contribution in [0.15, 0.2) is 18.2 Å². The van der Waals surface area contributed by atoms with E-state index >= 15 is 0 Å². The first-order chi connectivity index (χ1) is 6.04. The lowest BCUT2D eigenvalue weighted by Gasteiger charge is -2.19. The van der Waals surface area contributed by atoms with Crippen molar-refractivity contribution in [3.05, 3.63) is 29.3 Å². The Labute approximate surface area is 77.6 Å². The number of nitrogens with zero attached hydrogens (tertiary/aromatic N) is 1. The van der Waals surface area contributed by atoms with Crippen molar-refractivity contribution in [3.63, 3.8) is 0 Å². The highest BCUT2D eigenvalue weighted by Gasteiger charge is 2.07. The molecule has 0 aliphatic heterocycles. The van der Waals surface area contributed by atoms with E-state index in [-0.39, 0.29) is 5.96 Å². The van der Waals surface area contributed by atoms with Crippen molar-refractivity contribution >= 4 is 11.6 Å². The summed E-state index contributed by atoms with van der Waals surface area (Å²) in [5.74, 6) is 5.43. The number of rotatable bonds is 1. The average molecular weight is 178 g/mol. The number of anilines is 1. The summed E-state index contributed by atoms with van der Waals surface area (Å²) in [5, 5.41) is 8.35. The summed E-state index contributed by atoms with van der Waals surface area (Å²) in [6.45, 7) is 3.94. The number of hydrogen-bond donors (Lipinski definition) is 3. The van der Waals surface area contributed by atoms with Gasteiger partial charge in [0.1, 0.15) is 0 Å². The second kappa shape index (κ2) is 3.45. The molecule has 0 fully saturated rings. The zero-order valence-corrected chi connectivity index (χ0v) is 7.83. The molecular weight excluding hydrogens is 164 g/mol. The smallest absolute Gasteiger partial charge is 0.207 e. The van der Waals surface area contributed by atoms with Crippen molar-refractivity contribution < 1.29 is 0 Å². The normalized spacial score (nSPS) is 9.77. The minimum Gasteiger partial charge on any atom is -0.369 e. The van der Waals surface area contributed by atoms with Crippen LogP contribution in [-0.4, -0.2) is 5.96 Å². The molecule has 4 heteroatoms. The number of guanidine groups is 1. The number of hydrazine groups is 1. The predicted octanol–water partition coefficient (Wildman–Crippen LogP) is 0.877. The first kappa shape index (κ1) is 9.54. The third-order valence-corrected chi connectivity index (χ3v) is 2.10. The van der Waals surface area contributed by atoms with Crippen molar-refractivity contribution in [1.29, 1.82) is 5.41 Å². The molecule has 0 radical (unpaired) electrons.